The standard InChI is InChI=1S/C20H19F2NO3/c1-11(23(2)20(25)26)19(24)18-14-5-3-7-16(21)12(14)9-10-13-15(18)6-4-8-17(13)22/h3-8,11,18H,9-10H2,1-2H3,(H,25,26). The summed E-state index contributed by atoms with van der Waals surface area (Å²) in [5.74, 6) is -2.19. The minimum atomic E-state index is -1.24. The Labute approximate surface area is 150 Å². The van der Waals surface area contributed by atoms with Crippen molar-refractivity contribution < 1.29 is 23.5 Å². The first-order valence-electron chi connectivity index (χ1n) is 8.37. The lowest BCUT2D eigenvalue weighted by molar-refractivity contribution is -0.123. The van der Waals surface area contributed by atoms with Crippen molar-refractivity contribution in [1.82, 2.24) is 4.90 Å². The summed E-state index contributed by atoms with van der Waals surface area (Å²) in [5.41, 5.74) is 1.72. The van der Waals surface area contributed by atoms with Gasteiger partial charge in [-0.05, 0) is 54.2 Å². The lowest BCUT2D eigenvalue weighted by atomic mass is 9.82. The second kappa shape index (κ2) is 6.86. The highest BCUT2D eigenvalue weighted by atomic mass is 19.1. The number of Topliss-reactive ketones (excluding diaryl/α,β-unsaturated/α-hetero) is 1. The molecule has 0 heterocycles. The molecular formula is C20H19F2NO3. The molecule has 0 spiro atoms. The number of amides is 1. The summed E-state index contributed by atoms with van der Waals surface area (Å²) in [7, 11) is 1.31. The zero-order valence-corrected chi connectivity index (χ0v) is 14.5. The number of hydrogen-bond donors (Lipinski definition) is 1. The maximum absolute atomic E-state index is 14.4. The smallest absolute Gasteiger partial charge is 0.407 e. The molecule has 0 aliphatic heterocycles. The van der Waals surface area contributed by atoms with Gasteiger partial charge in [-0.3, -0.25) is 4.79 Å². The summed E-state index contributed by atoms with van der Waals surface area (Å²) in [6, 6.07) is 8.04. The van der Waals surface area contributed by atoms with Crippen LogP contribution in [0.4, 0.5) is 13.6 Å². The van der Waals surface area contributed by atoms with Crippen LogP contribution in [0, 0.1) is 11.6 Å². The Bertz CT molecular complexity index is 828. The van der Waals surface area contributed by atoms with Crippen LogP contribution in [0.3, 0.4) is 0 Å². The molecule has 0 saturated carbocycles. The average molecular weight is 359 g/mol. The van der Waals surface area contributed by atoms with Crippen molar-refractivity contribution in [3.8, 4) is 0 Å². The highest BCUT2D eigenvalue weighted by molar-refractivity contribution is 5.95. The first-order chi connectivity index (χ1) is 12.3. The van der Waals surface area contributed by atoms with Crippen LogP contribution in [-0.4, -0.2) is 35.0 Å². The largest absolute Gasteiger partial charge is 0.465 e. The van der Waals surface area contributed by atoms with Crippen LogP contribution in [0.5, 0.6) is 0 Å². The average Bonchev–Trinajstić information content (AvgIpc) is 2.78. The Kier molecular flexibility index (Phi) is 4.76. The van der Waals surface area contributed by atoms with Gasteiger partial charge in [-0.25, -0.2) is 13.6 Å². The molecule has 0 radical (unpaired) electrons. The fraction of sp³-hybridized carbons (Fsp3) is 0.300. The van der Waals surface area contributed by atoms with Crippen molar-refractivity contribution in [1.29, 1.82) is 0 Å². The number of carbonyl (C=O) groups excluding carboxylic acids is 1. The Morgan fingerprint density at radius 2 is 1.50 bits per heavy atom. The second-order valence-electron chi connectivity index (χ2n) is 6.52. The Morgan fingerprint density at radius 3 is 1.92 bits per heavy atom. The van der Waals surface area contributed by atoms with Gasteiger partial charge in [0.1, 0.15) is 11.6 Å². The third-order valence-corrected chi connectivity index (χ3v) is 5.14. The van der Waals surface area contributed by atoms with E-state index in [0.717, 1.165) is 4.90 Å². The predicted molar refractivity (Wildman–Crippen MR) is 92.3 cm³/mol. The summed E-state index contributed by atoms with van der Waals surface area (Å²) in [6.45, 7) is 1.49. The van der Waals surface area contributed by atoms with E-state index >= 15 is 0 Å². The van der Waals surface area contributed by atoms with E-state index < -0.39 is 35.5 Å². The van der Waals surface area contributed by atoms with E-state index in [1.54, 1.807) is 12.1 Å². The molecule has 1 N–H and O–H groups in total. The number of benzene rings is 2. The SMILES string of the molecule is CC(C(=O)C1c2cccc(F)c2CCc2c(F)cccc21)N(C)C(=O)O. The topological polar surface area (TPSA) is 57.6 Å². The Hall–Kier alpha value is -2.76. The lowest BCUT2D eigenvalue weighted by Gasteiger charge is -2.27. The van der Waals surface area contributed by atoms with Gasteiger partial charge in [0.05, 0.1) is 12.0 Å². The minimum absolute atomic E-state index is 0.281. The van der Waals surface area contributed by atoms with Crippen molar-refractivity contribution in [3.63, 3.8) is 0 Å². The molecule has 26 heavy (non-hydrogen) atoms. The van der Waals surface area contributed by atoms with E-state index in [2.05, 4.69) is 0 Å². The maximum atomic E-state index is 14.4. The number of nitrogens with zero attached hydrogens (tertiary/aromatic N) is 1. The molecule has 1 amide bonds. The van der Waals surface area contributed by atoms with Gasteiger partial charge in [0, 0.05) is 7.05 Å². The van der Waals surface area contributed by atoms with Crippen molar-refractivity contribution in [2.45, 2.75) is 31.7 Å². The van der Waals surface area contributed by atoms with Crippen molar-refractivity contribution in [3.05, 3.63) is 70.3 Å². The van der Waals surface area contributed by atoms with Gasteiger partial charge in [-0.2, -0.15) is 0 Å². The fourth-order valence-electron chi connectivity index (χ4n) is 3.54. The summed E-state index contributed by atoms with van der Waals surface area (Å²) in [4.78, 5) is 25.4. The highest BCUT2D eigenvalue weighted by Gasteiger charge is 2.36. The van der Waals surface area contributed by atoms with Gasteiger partial charge >= 0.3 is 6.09 Å². The second-order valence-corrected chi connectivity index (χ2v) is 6.52. The number of carboxylic acid groups (broad SMARTS) is 1. The molecule has 0 aromatic heterocycles. The molecule has 0 saturated heterocycles. The zero-order chi connectivity index (χ0) is 19.0. The molecule has 0 bridgehead atoms. The number of fused-ring (bicyclic) bond motifs is 2. The first-order valence-corrected chi connectivity index (χ1v) is 8.37. The minimum Gasteiger partial charge on any atom is -0.465 e. The number of ketones is 1. The quantitative estimate of drug-likeness (QED) is 0.908. The third-order valence-electron chi connectivity index (χ3n) is 5.14. The van der Waals surface area contributed by atoms with Crippen LogP contribution in [-0.2, 0) is 17.6 Å². The van der Waals surface area contributed by atoms with Crippen LogP contribution >= 0.6 is 0 Å². The molecule has 1 unspecified atom stereocenters. The molecular weight excluding hydrogens is 340 g/mol. The highest BCUT2D eigenvalue weighted by Crippen LogP contribution is 2.37. The maximum Gasteiger partial charge on any atom is 0.407 e. The van der Waals surface area contributed by atoms with Crippen LogP contribution in [0.15, 0.2) is 36.4 Å². The molecule has 4 nitrogen and oxygen atoms in total. The normalized spacial score (nSPS) is 14.8. The van der Waals surface area contributed by atoms with Gasteiger partial charge in [0.2, 0.25) is 0 Å². The number of halogens is 2. The van der Waals surface area contributed by atoms with Gasteiger partial charge in [0.15, 0.2) is 5.78 Å². The van der Waals surface area contributed by atoms with Crippen LogP contribution < -0.4 is 0 Å². The molecule has 6 heteroatoms. The van der Waals surface area contributed by atoms with Crippen molar-refractivity contribution >= 4 is 11.9 Å². The van der Waals surface area contributed by atoms with Gasteiger partial charge in [0.25, 0.3) is 0 Å². The van der Waals surface area contributed by atoms with Gasteiger partial charge in [-0.1, -0.05) is 24.3 Å². The molecule has 2 aromatic carbocycles. The number of rotatable bonds is 3. The predicted octanol–water partition coefficient (Wildman–Crippen LogP) is 3.76. The molecule has 0 fully saturated rings. The summed E-state index contributed by atoms with van der Waals surface area (Å²) < 4.78 is 28.8. The van der Waals surface area contributed by atoms with Crippen LogP contribution in [0.2, 0.25) is 0 Å². The number of hydrogen-bond acceptors (Lipinski definition) is 2. The summed E-state index contributed by atoms with van der Waals surface area (Å²) in [6.07, 6.45) is -0.676. The molecule has 1 aliphatic rings. The van der Waals surface area contributed by atoms with E-state index in [-0.39, 0.29) is 12.8 Å². The number of carbonyl (C=O) groups is 2. The molecule has 136 valence electrons. The van der Waals surface area contributed by atoms with E-state index in [9.17, 15) is 23.5 Å². The summed E-state index contributed by atoms with van der Waals surface area (Å²) >= 11 is 0. The number of likely N-dealkylation sites (N-methyl/N-ethyl adjacent to an activating group) is 1. The Morgan fingerprint density at radius 1 is 1.04 bits per heavy atom. The van der Waals surface area contributed by atoms with Crippen molar-refractivity contribution in [2.24, 2.45) is 0 Å². The zero-order valence-electron chi connectivity index (χ0n) is 14.5. The van der Waals surface area contributed by atoms with Crippen LogP contribution in [0.25, 0.3) is 0 Å². The fourth-order valence-corrected chi connectivity index (χ4v) is 3.54. The molecule has 3 rings (SSSR count). The van der Waals surface area contributed by atoms with E-state index in [1.165, 1.54) is 38.2 Å². The van der Waals surface area contributed by atoms with E-state index in [0.29, 0.717) is 22.3 Å². The molecule has 2 aromatic rings. The van der Waals surface area contributed by atoms with E-state index in [1.807, 2.05) is 0 Å². The monoisotopic (exact) mass is 359 g/mol. The lowest BCUT2D eigenvalue weighted by Crippen LogP contribution is -2.42. The third kappa shape index (κ3) is 2.96. The first kappa shape index (κ1) is 18.0. The van der Waals surface area contributed by atoms with Gasteiger partial charge in [-0.15, -0.1) is 0 Å². The van der Waals surface area contributed by atoms with Crippen molar-refractivity contribution in [2.75, 3.05) is 7.05 Å². The summed E-state index contributed by atoms with van der Waals surface area (Å²) in [5, 5.41) is 9.19. The molecule has 1 atom stereocenters. The Balaban J connectivity index is 2.20. The molecule has 1 aliphatic carbocycles. The van der Waals surface area contributed by atoms with Gasteiger partial charge < -0.3 is 10.0 Å². The van der Waals surface area contributed by atoms with Crippen LogP contribution in [0.1, 0.15) is 35.1 Å². The van der Waals surface area contributed by atoms with E-state index in [4.69, 9.17) is 0 Å².